The Hall–Kier alpha value is -0.780. The molecule has 1 saturated carbocycles. The summed E-state index contributed by atoms with van der Waals surface area (Å²) in [6, 6.07) is 6.57. The molecule has 1 saturated heterocycles. The van der Waals surface area contributed by atoms with Gasteiger partial charge in [-0.1, -0.05) is 0 Å². The van der Waals surface area contributed by atoms with Gasteiger partial charge in [0.25, 0.3) is 0 Å². The molecule has 1 aromatic rings. The van der Waals surface area contributed by atoms with Crippen LogP contribution in [0.5, 0.6) is 5.75 Å². The molecule has 0 atom stereocenters. The minimum absolute atomic E-state index is 0.282. The number of methoxy groups -OCH3 is 1. The van der Waals surface area contributed by atoms with Crippen LogP contribution in [0.25, 0.3) is 0 Å². The molecule has 20 heavy (non-hydrogen) atoms. The van der Waals surface area contributed by atoms with Crippen molar-refractivity contribution in [2.24, 2.45) is 0 Å². The molecule has 2 aliphatic rings. The first kappa shape index (κ1) is 14.2. The van der Waals surface area contributed by atoms with Gasteiger partial charge in [0.05, 0.1) is 24.8 Å². The third-order valence-electron chi connectivity index (χ3n) is 4.08. The standard InChI is InChI=1S/C15H20BrNO3/c1-18-14-10-12(2-3-13(14)16)17-11-4-6-15(7-5-11)19-8-9-20-15/h2-3,10-11,17H,4-9H2,1H3. The normalized spacial score (nSPS) is 22.1. The van der Waals surface area contributed by atoms with Crippen LogP contribution >= 0.6 is 15.9 Å². The van der Waals surface area contributed by atoms with Crippen LogP contribution in [-0.4, -0.2) is 32.2 Å². The fraction of sp³-hybridized carbons (Fsp3) is 0.600. The maximum Gasteiger partial charge on any atom is 0.168 e. The molecule has 3 rings (SSSR count). The Balaban J connectivity index is 1.59. The summed E-state index contributed by atoms with van der Waals surface area (Å²) in [5.41, 5.74) is 1.10. The molecule has 0 amide bonds. The Bertz CT molecular complexity index is 464. The molecule has 110 valence electrons. The lowest BCUT2D eigenvalue weighted by Gasteiger charge is -2.36. The second-order valence-corrected chi connectivity index (χ2v) is 6.23. The Kier molecular flexibility index (Phi) is 4.19. The van der Waals surface area contributed by atoms with Gasteiger partial charge >= 0.3 is 0 Å². The lowest BCUT2D eigenvalue weighted by Crippen LogP contribution is -2.39. The number of halogens is 1. The predicted molar refractivity (Wildman–Crippen MR) is 81.2 cm³/mol. The van der Waals surface area contributed by atoms with E-state index in [4.69, 9.17) is 14.2 Å². The SMILES string of the molecule is COc1cc(NC2CCC3(CC2)OCCO3)ccc1Br. The highest BCUT2D eigenvalue weighted by Gasteiger charge is 2.40. The van der Waals surface area contributed by atoms with Gasteiger partial charge in [-0.3, -0.25) is 0 Å². The molecule has 4 nitrogen and oxygen atoms in total. The lowest BCUT2D eigenvalue weighted by molar-refractivity contribution is -0.177. The molecule has 1 spiro atoms. The highest BCUT2D eigenvalue weighted by atomic mass is 79.9. The molecule has 1 N–H and O–H groups in total. The van der Waals surface area contributed by atoms with Crippen molar-refractivity contribution in [3.05, 3.63) is 22.7 Å². The number of rotatable bonds is 3. The number of anilines is 1. The quantitative estimate of drug-likeness (QED) is 0.912. The molecule has 0 radical (unpaired) electrons. The first-order valence-electron chi connectivity index (χ1n) is 7.09. The van der Waals surface area contributed by atoms with Gasteiger partial charge in [-0.25, -0.2) is 0 Å². The van der Waals surface area contributed by atoms with Crippen molar-refractivity contribution < 1.29 is 14.2 Å². The number of hydrogen-bond donors (Lipinski definition) is 1. The molecule has 5 heteroatoms. The van der Waals surface area contributed by atoms with Gasteiger partial charge in [-0.2, -0.15) is 0 Å². The van der Waals surface area contributed by atoms with Gasteiger partial charge in [0.15, 0.2) is 5.79 Å². The van der Waals surface area contributed by atoms with Crippen molar-refractivity contribution in [1.29, 1.82) is 0 Å². The summed E-state index contributed by atoms with van der Waals surface area (Å²) in [6.07, 6.45) is 4.08. The predicted octanol–water partition coefficient (Wildman–Crippen LogP) is 3.56. The summed E-state index contributed by atoms with van der Waals surface area (Å²) in [5, 5.41) is 3.58. The van der Waals surface area contributed by atoms with E-state index in [0.717, 1.165) is 54.8 Å². The van der Waals surface area contributed by atoms with Crippen LogP contribution < -0.4 is 10.1 Å². The summed E-state index contributed by atoms with van der Waals surface area (Å²) in [5.74, 6) is 0.569. The highest BCUT2D eigenvalue weighted by Crippen LogP contribution is 2.37. The van der Waals surface area contributed by atoms with Crippen molar-refractivity contribution in [3.63, 3.8) is 0 Å². The van der Waals surface area contributed by atoms with Crippen molar-refractivity contribution in [1.82, 2.24) is 0 Å². The number of ether oxygens (including phenoxy) is 3. The summed E-state index contributed by atoms with van der Waals surface area (Å²) >= 11 is 3.47. The second-order valence-electron chi connectivity index (χ2n) is 5.38. The zero-order valence-electron chi connectivity index (χ0n) is 11.7. The van der Waals surface area contributed by atoms with Crippen LogP contribution in [0.1, 0.15) is 25.7 Å². The summed E-state index contributed by atoms with van der Waals surface area (Å²) in [7, 11) is 1.68. The van der Waals surface area contributed by atoms with Crippen LogP contribution in [0.4, 0.5) is 5.69 Å². The summed E-state index contributed by atoms with van der Waals surface area (Å²) in [6.45, 7) is 1.48. The van der Waals surface area contributed by atoms with E-state index in [2.05, 4.69) is 27.3 Å². The highest BCUT2D eigenvalue weighted by molar-refractivity contribution is 9.10. The molecule has 0 unspecified atom stereocenters. The molecule has 1 aliphatic carbocycles. The van der Waals surface area contributed by atoms with E-state index in [-0.39, 0.29) is 5.79 Å². The Morgan fingerprint density at radius 2 is 1.95 bits per heavy atom. The first-order chi connectivity index (χ1) is 9.71. The van der Waals surface area contributed by atoms with Crippen molar-refractivity contribution in [2.45, 2.75) is 37.5 Å². The van der Waals surface area contributed by atoms with E-state index in [1.165, 1.54) is 0 Å². The largest absolute Gasteiger partial charge is 0.495 e. The Labute approximate surface area is 127 Å². The molecular formula is C15H20BrNO3. The van der Waals surface area contributed by atoms with Crippen molar-refractivity contribution in [3.8, 4) is 5.75 Å². The topological polar surface area (TPSA) is 39.7 Å². The molecule has 0 aromatic heterocycles. The zero-order valence-corrected chi connectivity index (χ0v) is 13.2. The fourth-order valence-electron chi connectivity index (χ4n) is 2.97. The van der Waals surface area contributed by atoms with Gasteiger partial charge < -0.3 is 19.5 Å². The van der Waals surface area contributed by atoms with Crippen molar-refractivity contribution >= 4 is 21.6 Å². The van der Waals surface area contributed by atoms with Gasteiger partial charge in [0, 0.05) is 30.6 Å². The van der Waals surface area contributed by atoms with Crippen LogP contribution in [0.15, 0.2) is 22.7 Å². The van der Waals surface area contributed by atoms with Gasteiger partial charge in [0.1, 0.15) is 5.75 Å². The van der Waals surface area contributed by atoms with Gasteiger partial charge in [-0.15, -0.1) is 0 Å². The van der Waals surface area contributed by atoms with Crippen LogP contribution in [0.3, 0.4) is 0 Å². The van der Waals surface area contributed by atoms with E-state index in [1.807, 2.05) is 12.1 Å². The maximum absolute atomic E-state index is 5.76. The van der Waals surface area contributed by atoms with Crippen molar-refractivity contribution in [2.75, 3.05) is 25.6 Å². The average molecular weight is 342 g/mol. The minimum Gasteiger partial charge on any atom is -0.495 e. The molecule has 1 aromatic carbocycles. The molecule has 1 aliphatic heterocycles. The molecule has 1 heterocycles. The third kappa shape index (κ3) is 2.95. The molecule has 2 fully saturated rings. The van der Waals surface area contributed by atoms with Gasteiger partial charge in [0.2, 0.25) is 0 Å². The molecule has 0 bridgehead atoms. The smallest absolute Gasteiger partial charge is 0.168 e. The van der Waals surface area contributed by atoms with E-state index >= 15 is 0 Å². The van der Waals surface area contributed by atoms with E-state index in [9.17, 15) is 0 Å². The molecular weight excluding hydrogens is 322 g/mol. The average Bonchev–Trinajstić information content (AvgIpc) is 2.92. The maximum atomic E-state index is 5.76. The Morgan fingerprint density at radius 3 is 2.60 bits per heavy atom. The minimum atomic E-state index is -0.282. The van der Waals surface area contributed by atoms with Crippen LogP contribution in [-0.2, 0) is 9.47 Å². The Morgan fingerprint density at radius 1 is 1.25 bits per heavy atom. The van der Waals surface area contributed by atoms with E-state index in [0.29, 0.717) is 6.04 Å². The summed E-state index contributed by atoms with van der Waals surface area (Å²) in [4.78, 5) is 0. The monoisotopic (exact) mass is 341 g/mol. The van der Waals surface area contributed by atoms with E-state index < -0.39 is 0 Å². The van der Waals surface area contributed by atoms with E-state index in [1.54, 1.807) is 7.11 Å². The van der Waals surface area contributed by atoms with Crippen LogP contribution in [0, 0.1) is 0 Å². The van der Waals surface area contributed by atoms with Crippen LogP contribution in [0.2, 0.25) is 0 Å². The third-order valence-corrected chi connectivity index (χ3v) is 4.74. The second kappa shape index (κ2) is 5.92. The number of benzene rings is 1. The first-order valence-corrected chi connectivity index (χ1v) is 7.88. The zero-order chi connectivity index (χ0) is 14.0. The lowest BCUT2D eigenvalue weighted by atomic mass is 9.90. The fourth-order valence-corrected chi connectivity index (χ4v) is 3.38. The summed E-state index contributed by atoms with van der Waals surface area (Å²) < 4.78 is 17.8. The number of hydrogen-bond acceptors (Lipinski definition) is 4. The van der Waals surface area contributed by atoms with Gasteiger partial charge in [-0.05, 0) is 40.9 Å². The number of nitrogens with one attached hydrogen (secondary N) is 1.